The molecule has 1 fully saturated rings. The number of amidine groups is 1. The van der Waals surface area contributed by atoms with Gasteiger partial charge in [0.15, 0.2) is 0 Å². The third kappa shape index (κ3) is 4.20. The first kappa shape index (κ1) is 17.8. The lowest BCUT2D eigenvalue weighted by Gasteiger charge is -2.38. The van der Waals surface area contributed by atoms with E-state index in [4.69, 9.17) is 4.99 Å². The smallest absolute Gasteiger partial charge is 0.124 e. The van der Waals surface area contributed by atoms with Gasteiger partial charge in [0.1, 0.15) is 11.7 Å². The molecule has 1 atom stereocenters. The number of fused-ring (bicyclic) bond motifs is 2. The summed E-state index contributed by atoms with van der Waals surface area (Å²) in [5.41, 5.74) is 3.88. The number of nitrogens with zero attached hydrogens (tertiary/aromatic N) is 3. The van der Waals surface area contributed by atoms with Crippen molar-refractivity contribution in [2.24, 2.45) is 10.9 Å². The minimum Gasteiger partial charge on any atom is -0.355 e. The molecular formula is C23H24FN3. The summed E-state index contributed by atoms with van der Waals surface area (Å²) in [7, 11) is 4.28. The minimum atomic E-state index is -0.261. The van der Waals surface area contributed by atoms with Crippen LogP contribution in [-0.2, 0) is 6.54 Å². The van der Waals surface area contributed by atoms with E-state index in [2.05, 4.69) is 47.9 Å². The highest BCUT2D eigenvalue weighted by Crippen LogP contribution is 2.32. The molecule has 27 heavy (non-hydrogen) atoms. The van der Waals surface area contributed by atoms with Gasteiger partial charge in [0.25, 0.3) is 0 Å². The Hall–Kier alpha value is -2.64. The third-order valence-electron chi connectivity index (χ3n) is 5.11. The second-order valence-corrected chi connectivity index (χ2v) is 7.68. The molecule has 1 saturated heterocycles. The number of benzene rings is 2. The summed E-state index contributed by atoms with van der Waals surface area (Å²) in [6.07, 6.45) is 2.24. The summed E-state index contributed by atoms with van der Waals surface area (Å²) in [6, 6.07) is 12.6. The molecule has 1 unspecified atom stereocenters. The first-order chi connectivity index (χ1) is 13.1. The minimum absolute atomic E-state index is 0.261. The summed E-state index contributed by atoms with van der Waals surface area (Å²) in [6.45, 7) is 3.14. The maximum absolute atomic E-state index is 13.3. The number of hydrogen-bond donors (Lipinski definition) is 0. The van der Waals surface area contributed by atoms with E-state index in [9.17, 15) is 4.39 Å². The van der Waals surface area contributed by atoms with E-state index in [0.29, 0.717) is 11.5 Å². The van der Waals surface area contributed by atoms with E-state index in [1.807, 2.05) is 12.1 Å². The van der Waals surface area contributed by atoms with Crippen molar-refractivity contribution in [1.29, 1.82) is 0 Å². The summed E-state index contributed by atoms with van der Waals surface area (Å²) < 4.78 is 13.3. The number of rotatable bonds is 2. The summed E-state index contributed by atoms with van der Waals surface area (Å²) in [4.78, 5) is 9.61. The molecule has 2 aromatic carbocycles. The van der Waals surface area contributed by atoms with Crippen molar-refractivity contribution in [3.8, 4) is 11.8 Å². The van der Waals surface area contributed by atoms with Crippen molar-refractivity contribution >= 4 is 11.5 Å². The zero-order valence-electron chi connectivity index (χ0n) is 15.9. The van der Waals surface area contributed by atoms with Crippen LogP contribution in [0.25, 0.3) is 0 Å². The van der Waals surface area contributed by atoms with Crippen LogP contribution in [-0.4, -0.2) is 42.8 Å². The van der Waals surface area contributed by atoms with Crippen LogP contribution in [0.2, 0.25) is 0 Å². The van der Waals surface area contributed by atoms with Gasteiger partial charge in [0.05, 0.1) is 5.69 Å². The van der Waals surface area contributed by atoms with Gasteiger partial charge in [-0.1, -0.05) is 24.0 Å². The molecule has 2 aliphatic rings. The fourth-order valence-corrected chi connectivity index (χ4v) is 3.88. The Kier molecular flexibility index (Phi) is 4.96. The molecule has 0 aliphatic carbocycles. The molecule has 138 valence electrons. The molecule has 4 rings (SSSR count). The molecule has 4 heteroatoms. The summed E-state index contributed by atoms with van der Waals surface area (Å²) >= 11 is 0. The largest absolute Gasteiger partial charge is 0.355 e. The fraction of sp³-hybridized carbons (Fsp3) is 0.348. The quantitative estimate of drug-likeness (QED) is 0.752. The molecule has 0 bridgehead atoms. The number of hydrogen-bond acceptors (Lipinski definition) is 3. The predicted molar refractivity (Wildman–Crippen MR) is 108 cm³/mol. The van der Waals surface area contributed by atoms with Crippen molar-refractivity contribution in [2.75, 3.05) is 27.2 Å². The maximum atomic E-state index is 13.3. The van der Waals surface area contributed by atoms with E-state index >= 15 is 0 Å². The van der Waals surface area contributed by atoms with Crippen molar-refractivity contribution in [3.63, 3.8) is 0 Å². The number of piperidine rings is 1. The van der Waals surface area contributed by atoms with Gasteiger partial charge in [-0.2, -0.15) is 0 Å². The predicted octanol–water partition coefficient (Wildman–Crippen LogP) is 4.04. The van der Waals surface area contributed by atoms with Crippen LogP contribution >= 0.6 is 0 Å². The molecular weight excluding hydrogens is 337 g/mol. The van der Waals surface area contributed by atoms with Gasteiger partial charge in [-0.15, -0.1) is 0 Å². The average Bonchev–Trinajstić information content (AvgIpc) is 2.64. The SMILES string of the molecule is CN(C)CC1CCC2=Nc3cc(C#Cc4cccc(F)c4)ccc3CN2C1. The van der Waals surface area contributed by atoms with E-state index in [-0.39, 0.29) is 5.82 Å². The monoisotopic (exact) mass is 361 g/mol. The van der Waals surface area contributed by atoms with Crippen LogP contribution in [0, 0.1) is 23.6 Å². The molecule has 0 saturated carbocycles. The van der Waals surface area contributed by atoms with E-state index in [1.54, 1.807) is 6.07 Å². The normalized spacial score (nSPS) is 18.3. The van der Waals surface area contributed by atoms with E-state index in [0.717, 1.165) is 37.3 Å². The van der Waals surface area contributed by atoms with Gasteiger partial charge in [0, 0.05) is 37.2 Å². The van der Waals surface area contributed by atoms with Crippen LogP contribution in [0.3, 0.4) is 0 Å². The van der Waals surface area contributed by atoms with Gasteiger partial charge in [0.2, 0.25) is 0 Å². The van der Waals surface area contributed by atoms with Crippen molar-refractivity contribution in [2.45, 2.75) is 19.4 Å². The van der Waals surface area contributed by atoms with Crippen LogP contribution in [0.15, 0.2) is 47.5 Å². The lowest BCUT2D eigenvalue weighted by molar-refractivity contribution is 0.229. The maximum Gasteiger partial charge on any atom is 0.124 e. The first-order valence-corrected chi connectivity index (χ1v) is 9.44. The summed E-state index contributed by atoms with van der Waals surface area (Å²) in [5.74, 6) is 7.82. The second kappa shape index (κ2) is 7.54. The fourth-order valence-electron chi connectivity index (χ4n) is 3.88. The van der Waals surface area contributed by atoms with E-state index in [1.165, 1.54) is 30.0 Å². The Bertz CT molecular complexity index is 936. The van der Waals surface area contributed by atoms with Crippen LogP contribution in [0.1, 0.15) is 29.5 Å². The van der Waals surface area contributed by atoms with Crippen molar-refractivity contribution < 1.29 is 4.39 Å². The van der Waals surface area contributed by atoms with Crippen LogP contribution in [0.4, 0.5) is 10.1 Å². The van der Waals surface area contributed by atoms with Crippen molar-refractivity contribution in [3.05, 3.63) is 65.0 Å². The molecule has 0 aromatic heterocycles. The van der Waals surface area contributed by atoms with Crippen LogP contribution in [0.5, 0.6) is 0 Å². The number of aliphatic imine (C=N–C) groups is 1. The van der Waals surface area contributed by atoms with Gasteiger partial charge in [-0.3, -0.25) is 0 Å². The zero-order valence-corrected chi connectivity index (χ0v) is 15.9. The van der Waals surface area contributed by atoms with Crippen LogP contribution < -0.4 is 0 Å². The molecule has 2 aromatic rings. The van der Waals surface area contributed by atoms with Gasteiger partial charge >= 0.3 is 0 Å². The Morgan fingerprint density at radius 3 is 2.74 bits per heavy atom. The van der Waals surface area contributed by atoms with Gasteiger partial charge in [-0.05, 0) is 62.3 Å². The standard InChI is InChI=1S/C23H24FN3/c1-26(2)14-19-9-11-23-25-22-13-18(8-10-20(22)16-27(23)15-19)7-6-17-4-3-5-21(24)12-17/h3-5,8,10,12-13,19H,9,11,14-16H2,1-2H3. The molecule has 0 spiro atoms. The van der Waals surface area contributed by atoms with Gasteiger partial charge in [-0.25, -0.2) is 9.38 Å². The number of halogens is 1. The highest BCUT2D eigenvalue weighted by molar-refractivity contribution is 5.87. The average molecular weight is 361 g/mol. The zero-order chi connectivity index (χ0) is 18.8. The Morgan fingerprint density at radius 2 is 1.96 bits per heavy atom. The lowest BCUT2D eigenvalue weighted by atomic mass is 9.94. The second-order valence-electron chi connectivity index (χ2n) is 7.68. The molecule has 0 radical (unpaired) electrons. The van der Waals surface area contributed by atoms with E-state index < -0.39 is 0 Å². The molecule has 0 amide bonds. The molecule has 2 aliphatic heterocycles. The third-order valence-corrected chi connectivity index (χ3v) is 5.11. The highest BCUT2D eigenvalue weighted by Gasteiger charge is 2.27. The topological polar surface area (TPSA) is 18.8 Å². The Labute approximate surface area is 160 Å². The lowest BCUT2D eigenvalue weighted by Crippen LogP contribution is -2.43. The Balaban J connectivity index is 1.53. The summed E-state index contributed by atoms with van der Waals surface area (Å²) in [5, 5.41) is 0. The Morgan fingerprint density at radius 1 is 1.15 bits per heavy atom. The first-order valence-electron chi connectivity index (χ1n) is 9.44. The molecule has 0 N–H and O–H groups in total. The van der Waals surface area contributed by atoms with Gasteiger partial charge < -0.3 is 9.80 Å². The van der Waals surface area contributed by atoms with Crippen molar-refractivity contribution in [1.82, 2.24) is 9.80 Å². The highest BCUT2D eigenvalue weighted by atomic mass is 19.1. The molecule has 2 heterocycles. The molecule has 3 nitrogen and oxygen atoms in total.